The van der Waals surface area contributed by atoms with Gasteiger partial charge in [0.25, 0.3) is 0 Å². The molecule has 158 valence electrons. The van der Waals surface area contributed by atoms with Gasteiger partial charge in [0.1, 0.15) is 17.9 Å². The lowest BCUT2D eigenvalue weighted by Gasteiger charge is -2.10. The Bertz CT molecular complexity index is 833. The molecule has 29 heavy (non-hydrogen) atoms. The zero-order valence-corrected chi connectivity index (χ0v) is 17.9. The van der Waals surface area contributed by atoms with Crippen molar-refractivity contribution in [1.82, 2.24) is 9.88 Å². The number of phenolic OH excluding ortho intramolecular Hbond substituents is 1. The first-order chi connectivity index (χ1) is 13.9. The molecule has 1 aromatic heterocycles. The second kappa shape index (κ2) is 11.8. The maximum atomic E-state index is 9.94. The van der Waals surface area contributed by atoms with Crippen molar-refractivity contribution >= 4 is 23.9 Å². The summed E-state index contributed by atoms with van der Waals surface area (Å²) in [5, 5.41) is 9.94. The fourth-order valence-corrected chi connectivity index (χ4v) is 3.37. The second-order valence-electron chi connectivity index (χ2n) is 6.73. The van der Waals surface area contributed by atoms with Crippen LogP contribution in [0.4, 0.5) is 5.82 Å². The maximum Gasteiger partial charge on any atom is 0.142 e. The van der Waals surface area contributed by atoms with Crippen LogP contribution in [-0.2, 0) is 4.79 Å². The number of aromatic amines is 1. The number of nitrogens with one attached hydrogen (secondary N) is 1. The molecule has 6 nitrogen and oxygen atoms in total. The summed E-state index contributed by atoms with van der Waals surface area (Å²) in [7, 11) is 2.14. The summed E-state index contributed by atoms with van der Waals surface area (Å²) < 4.78 is 0. The Hall–Kier alpha value is -2.99. The van der Waals surface area contributed by atoms with Crippen LogP contribution in [0.1, 0.15) is 48.6 Å². The molecule has 6 heteroatoms. The molecular formula is C23H34N4O2. The van der Waals surface area contributed by atoms with Crippen molar-refractivity contribution < 1.29 is 9.90 Å². The Labute approximate surface area is 173 Å². The fourth-order valence-electron chi connectivity index (χ4n) is 3.37. The molecule has 0 saturated carbocycles. The molecular weight excluding hydrogens is 364 g/mol. The number of likely N-dealkylation sites (N-methyl/N-ethyl adjacent to an activating group) is 1. The van der Waals surface area contributed by atoms with Crippen molar-refractivity contribution in [2.75, 3.05) is 25.9 Å². The van der Waals surface area contributed by atoms with E-state index in [1.165, 1.54) is 11.8 Å². The summed E-state index contributed by atoms with van der Waals surface area (Å²) in [5.41, 5.74) is 16.7. The van der Waals surface area contributed by atoms with E-state index in [-0.39, 0.29) is 5.75 Å². The molecule has 1 aromatic carbocycles. The highest BCUT2D eigenvalue weighted by atomic mass is 16.3. The van der Waals surface area contributed by atoms with E-state index in [4.69, 9.17) is 16.3 Å². The number of nitrogen functional groups attached to an aromatic ring is 1. The van der Waals surface area contributed by atoms with Gasteiger partial charge in [-0.1, -0.05) is 32.6 Å². The van der Waals surface area contributed by atoms with Crippen molar-refractivity contribution in [1.29, 1.82) is 0 Å². The monoisotopic (exact) mass is 398 g/mol. The molecule has 6 N–H and O–H groups in total. The van der Waals surface area contributed by atoms with Crippen LogP contribution in [0, 0.1) is 6.92 Å². The molecule has 1 aliphatic heterocycles. The quantitative estimate of drug-likeness (QED) is 0.462. The molecule has 1 atom stereocenters. The Balaban J connectivity index is 0.000000627. The molecule has 1 unspecified atom stereocenters. The van der Waals surface area contributed by atoms with Gasteiger partial charge >= 0.3 is 0 Å². The standard InChI is InChI=1S/C18H24N4O.C3H4O.C2H6/c1-11-14(9-15(19)13-5-3-4-6-16(13)23)18(20)21-17(11)12-7-8-22(2)10-12;1-2-3-4;1-2/h3-6,9,12,21,23H,7-8,10,19-20H2,1-2H3;2-3H,1H2;1-2H3/b15-9-;;. The molecule has 1 saturated heterocycles. The highest BCUT2D eigenvalue weighted by Gasteiger charge is 2.25. The van der Waals surface area contributed by atoms with Crippen molar-refractivity contribution in [3.8, 4) is 5.75 Å². The Kier molecular flexibility index (Phi) is 9.75. The van der Waals surface area contributed by atoms with E-state index >= 15 is 0 Å². The Morgan fingerprint density at radius 2 is 1.97 bits per heavy atom. The molecule has 0 amide bonds. The number of carbonyl (C=O) groups excluding carboxylic acids is 1. The first-order valence-electron chi connectivity index (χ1n) is 9.87. The molecule has 0 aliphatic carbocycles. The average molecular weight is 399 g/mol. The van der Waals surface area contributed by atoms with E-state index in [2.05, 4.69) is 30.4 Å². The maximum absolute atomic E-state index is 9.94. The summed E-state index contributed by atoms with van der Waals surface area (Å²) in [6, 6.07) is 7.05. The predicted octanol–water partition coefficient (Wildman–Crippen LogP) is 3.88. The Morgan fingerprint density at radius 1 is 1.34 bits per heavy atom. The number of phenols is 1. The molecule has 0 spiro atoms. The number of aromatic hydroxyl groups is 1. The van der Waals surface area contributed by atoms with Crippen molar-refractivity contribution in [3.63, 3.8) is 0 Å². The fraction of sp³-hybridized carbons (Fsp3) is 0.348. The van der Waals surface area contributed by atoms with Gasteiger partial charge < -0.3 is 26.5 Å². The van der Waals surface area contributed by atoms with Crippen molar-refractivity contribution in [3.05, 3.63) is 59.3 Å². The number of benzene rings is 1. The van der Waals surface area contributed by atoms with Crippen LogP contribution in [0.3, 0.4) is 0 Å². The number of likely N-dealkylation sites (tertiary alicyclic amines) is 1. The van der Waals surface area contributed by atoms with Gasteiger partial charge in [-0.2, -0.15) is 0 Å². The SMILES string of the molecule is C=CC=O.CC.Cc1c(C2CCN(C)C2)[nH]c(N)c1/C=C(\N)c1ccccc1O. The second-order valence-corrected chi connectivity index (χ2v) is 6.73. The predicted molar refractivity (Wildman–Crippen MR) is 123 cm³/mol. The molecule has 3 rings (SSSR count). The van der Waals surface area contributed by atoms with E-state index < -0.39 is 0 Å². The van der Waals surface area contributed by atoms with Gasteiger partial charge in [-0.15, -0.1) is 0 Å². The largest absolute Gasteiger partial charge is 0.507 e. The number of hydrogen-bond donors (Lipinski definition) is 4. The van der Waals surface area contributed by atoms with Crippen LogP contribution in [-0.4, -0.2) is 41.4 Å². The first-order valence-corrected chi connectivity index (χ1v) is 9.87. The van der Waals surface area contributed by atoms with Crippen LogP contribution in [0.2, 0.25) is 0 Å². The number of carbonyl (C=O) groups is 1. The minimum atomic E-state index is 0.172. The molecule has 2 heterocycles. The lowest BCUT2D eigenvalue weighted by atomic mass is 9.99. The average Bonchev–Trinajstić information content (AvgIpc) is 3.28. The van der Waals surface area contributed by atoms with Crippen LogP contribution in [0.15, 0.2) is 36.9 Å². The lowest BCUT2D eigenvalue weighted by molar-refractivity contribution is -0.104. The number of aldehydes is 1. The minimum absolute atomic E-state index is 0.172. The molecule has 0 bridgehead atoms. The third-order valence-electron chi connectivity index (χ3n) is 4.78. The summed E-state index contributed by atoms with van der Waals surface area (Å²) in [5.74, 6) is 1.28. The summed E-state index contributed by atoms with van der Waals surface area (Å²) in [4.78, 5) is 14.7. The Morgan fingerprint density at radius 3 is 2.48 bits per heavy atom. The zero-order valence-electron chi connectivity index (χ0n) is 17.9. The van der Waals surface area contributed by atoms with E-state index in [0.29, 0.717) is 29.3 Å². The lowest BCUT2D eigenvalue weighted by Crippen LogP contribution is -2.13. The summed E-state index contributed by atoms with van der Waals surface area (Å²) >= 11 is 0. The number of nitrogens with two attached hydrogens (primary N) is 2. The highest BCUT2D eigenvalue weighted by Crippen LogP contribution is 2.34. The smallest absolute Gasteiger partial charge is 0.142 e. The highest BCUT2D eigenvalue weighted by molar-refractivity contribution is 5.85. The van der Waals surface area contributed by atoms with Gasteiger partial charge in [0.2, 0.25) is 0 Å². The zero-order chi connectivity index (χ0) is 22.0. The number of H-pyrrole nitrogens is 1. The third-order valence-corrected chi connectivity index (χ3v) is 4.78. The van der Waals surface area contributed by atoms with E-state index in [9.17, 15) is 5.11 Å². The molecule has 2 aromatic rings. The van der Waals surface area contributed by atoms with Crippen molar-refractivity contribution in [2.45, 2.75) is 33.1 Å². The first kappa shape index (κ1) is 24.0. The van der Waals surface area contributed by atoms with E-state index in [0.717, 1.165) is 30.6 Å². The molecule has 0 radical (unpaired) electrons. The van der Waals surface area contributed by atoms with E-state index in [1.54, 1.807) is 18.2 Å². The number of para-hydroxylation sites is 1. The van der Waals surface area contributed by atoms with Gasteiger partial charge in [-0.25, -0.2) is 0 Å². The number of rotatable bonds is 4. The summed E-state index contributed by atoms with van der Waals surface area (Å²) in [6.07, 6.45) is 4.81. The van der Waals surface area contributed by atoms with Gasteiger partial charge in [0.15, 0.2) is 0 Å². The van der Waals surface area contributed by atoms with Gasteiger partial charge in [0, 0.05) is 35.0 Å². The van der Waals surface area contributed by atoms with Crippen LogP contribution in [0.25, 0.3) is 11.8 Å². The third kappa shape index (κ3) is 6.26. The molecule has 1 aliphatic rings. The topological polar surface area (TPSA) is 108 Å². The van der Waals surface area contributed by atoms with Gasteiger partial charge in [-0.3, -0.25) is 4.79 Å². The number of hydrogen-bond acceptors (Lipinski definition) is 5. The number of allylic oxidation sites excluding steroid dienone is 1. The van der Waals surface area contributed by atoms with Crippen molar-refractivity contribution in [2.24, 2.45) is 5.73 Å². The number of aromatic nitrogens is 1. The van der Waals surface area contributed by atoms with Crippen LogP contribution in [0.5, 0.6) is 5.75 Å². The molecule has 1 fully saturated rings. The normalized spacial score (nSPS) is 16.3. The minimum Gasteiger partial charge on any atom is -0.507 e. The summed E-state index contributed by atoms with van der Waals surface area (Å²) in [6.45, 7) is 11.3. The number of anilines is 1. The van der Waals surface area contributed by atoms with Crippen LogP contribution >= 0.6 is 0 Å². The van der Waals surface area contributed by atoms with Gasteiger partial charge in [-0.05, 0) is 56.8 Å². The van der Waals surface area contributed by atoms with Gasteiger partial charge in [0.05, 0.1) is 0 Å². The van der Waals surface area contributed by atoms with E-state index in [1.807, 2.05) is 26.0 Å². The van der Waals surface area contributed by atoms with Crippen LogP contribution < -0.4 is 11.5 Å². The number of nitrogens with zero attached hydrogens (tertiary/aromatic N) is 1.